The van der Waals surface area contributed by atoms with Crippen molar-refractivity contribution in [2.75, 3.05) is 11.4 Å². The number of halogens is 1. The number of benzene rings is 1. The number of hydrogen-bond donors (Lipinski definition) is 1. The largest absolute Gasteiger partial charge is 0.358 e. The molecule has 0 radical (unpaired) electrons. The average Bonchev–Trinajstić information content (AvgIpc) is 3.12. The molecule has 0 saturated heterocycles. The molecule has 126 valence electrons. The molecule has 4 heterocycles. The lowest BCUT2D eigenvalue weighted by atomic mass is 10.0. The molecular formula is C18H17ClN6. The van der Waals surface area contributed by atoms with Crippen molar-refractivity contribution >= 4 is 39.4 Å². The van der Waals surface area contributed by atoms with Crippen LogP contribution in [0.2, 0.25) is 5.02 Å². The van der Waals surface area contributed by atoms with Gasteiger partial charge in [-0.3, -0.25) is 4.68 Å². The van der Waals surface area contributed by atoms with Gasteiger partial charge >= 0.3 is 0 Å². The lowest BCUT2D eigenvalue weighted by Crippen LogP contribution is -2.31. The Hall–Kier alpha value is -2.60. The van der Waals surface area contributed by atoms with Gasteiger partial charge in [0.05, 0.1) is 11.1 Å². The molecule has 1 aliphatic heterocycles. The third-order valence-corrected chi connectivity index (χ3v) is 5.25. The van der Waals surface area contributed by atoms with Crippen molar-refractivity contribution in [2.45, 2.75) is 19.9 Å². The van der Waals surface area contributed by atoms with E-state index in [1.165, 1.54) is 16.6 Å². The smallest absolute Gasteiger partial charge is 0.163 e. The van der Waals surface area contributed by atoms with Crippen LogP contribution >= 0.6 is 11.6 Å². The molecule has 7 heteroatoms. The van der Waals surface area contributed by atoms with Crippen LogP contribution in [0.15, 0.2) is 24.5 Å². The minimum atomic E-state index is 0.763. The molecule has 25 heavy (non-hydrogen) atoms. The van der Waals surface area contributed by atoms with Gasteiger partial charge in [-0.05, 0) is 25.1 Å². The fourth-order valence-corrected chi connectivity index (χ4v) is 4.04. The minimum Gasteiger partial charge on any atom is -0.358 e. The topological polar surface area (TPSA) is 62.6 Å². The van der Waals surface area contributed by atoms with E-state index in [0.717, 1.165) is 52.6 Å². The molecular weight excluding hydrogens is 336 g/mol. The zero-order valence-corrected chi connectivity index (χ0v) is 14.8. The van der Waals surface area contributed by atoms with Crippen molar-refractivity contribution in [2.24, 2.45) is 7.05 Å². The first-order valence-corrected chi connectivity index (χ1v) is 8.68. The van der Waals surface area contributed by atoms with E-state index in [1.807, 2.05) is 30.8 Å². The Morgan fingerprint density at radius 3 is 3.00 bits per heavy atom. The number of H-pyrrole nitrogens is 1. The number of anilines is 1. The van der Waals surface area contributed by atoms with Crippen LogP contribution in [0.5, 0.6) is 0 Å². The summed E-state index contributed by atoms with van der Waals surface area (Å²) in [5.74, 6) is 0.956. The van der Waals surface area contributed by atoms with Crippen LogP contribution in [0.3, 0.4) is 0 Å². The number of aromatic nitrogens is 5. The van der Waals surface area contributed by atoms with Crippen LogP contribution in [0.25, 0.3) is 21.9 Å². The van der Waals surface area contributed by atoms with Crippen molar-refractivity contribution in [3.05, 3.63) is 46.5 Å². The van der Waals surface area contributed by atoms with E-state index >= 15 is 0 Å². The molecule has 0 unspecified atom stereocenters. The SMILES string of the molecule is Cc1nn(C)c2ncnc(N3CCc4[nH]c5ccc(Cl)cc5c4C3)c12. The number of aryl methyl sites for hydroxylation is 2. The van der Waals surface area contributed by atoms with Gasteiger partial charge in [-0.1, -0.05) is 11.6 Å². The molecule has 0 bridgehead atoms. The van der Waals surface area contributed by atoms with Crippen LogP contribution in [0, 0.1) is 6.92 Å². The highest BCUT2D eigenvalue weighted by Gasteiger charge is 2.24. The van der Waals surface area contributed by atoms with Gasteiger partial charge in [-0.15, -0.1) is 0 Å². The quantitative estimate of drug-likeness (QED) is 0.570. The van der Waals surface area contributed by atoms with Crippen LogP contribution < -0.4 is 4.90 Å². The molecule has 1 N–H and O–H groups in total. The highest BCUT2D eigenvalue weighted by Crippen LogP contribution is 2.33. The Morgan fingerprint density at radius 1 is 1.24 bits per heavy atom. The lowest BCUT2D eigenvalue weighted by molar-refractivity contribution is 0.717. The Balaban J connectivity index is 1.65. The minimum absolute atomic E-state index is 0.763. The van der Waals surface area contributed by atoms with Gasteiger partial charge in [-0.2, -0.15) is 5.10 Å². The van der Waals surface area contributed by atoms with Crippen molar-refractivity contribution in [1.82, 2.24) is 24.7 Å². The Morgan fingerprint density at radius 2 is 2.12 bits per heavy atom. The molecule has 1 aliphatic rings. The van der Waals surface area contributed by atoms with E-state index in [4.69, 9.17) is 11.6 Å². The first-order chi connectivity index (χ1) is 12.1. The van der Waals surface area contributed by atoms with Gasteiger partial charge in [0, 0.05) is 53.7 Å². The number of nitrogens with zero attached hydrogens (tertiary/aromatic N) is 5. The fraction of sp³-hybridized carbons (Fsp3) is 0.278. The van der Waals surface area contributed by atoms with E-state index in [2.05, 4.69) is 31.0 Å². The maximum absolute atomic E-state index is 6.21. The zero-order valence-electron chi connectivity index (χ0n) is 14.0. The molecule has 3 aromatic heterocycles. The molecule has 0 atom stereocenters. The van der Waals surface area contributed by atoms with Crippen LogP contribution in [-0.4, -0.2) is 31.3 Å². The maximum Gasteiger partial charge on any atom is 0.163 e. The number of hydrogen-bond acceptors (Lipinski definition) is 4. The van der Waals surface area contributed by atoms with E-state index in [0.29, 0.717) is 0 Å². The average molecular weight is 353 g/mol. The van der Waals surface area contributed by atoms with E-state index in [1.54, 1.807) is 6.33 Å². The molecule has 4 aromatic rings. The summed E-state index contributed by atoms with van der Waals surface area (Å²) < 4.78 is 1.82. The van der Waals surface area contributed by atoms with Crippen LogP contribution in [0.1, 0.15) is 17.0 Å². The summed E-state index contributed by atoms with van der Waals surface area (Å²) in [4.78, 5) is 14.8. The second-order valence-corrected chi connectivity index (χ2v) is 6.98. The monoisotopic (exact) mass is 352 g/mol. The Bertz CT molecular complexity index is 1130. The van der Waals surface area contributed by atoms with Crippen LogP contribution in [-0.2, 0) is 20.0 Å². The van der Waals surface area contributed by atoms with Gasteiger partial charge in [0.1, 0.15) is 12.1 Å². The number of rotatable bonds is 1. The summed E-state index contributed by atoms with van der Waals surface area (Å²) in [6, 6.07) is 6.02. The summed E-state index contributed by atoms with van der Waals surface area (Å²) in [6.07, 6.45) is 2.58. The molecule has 0 fully saturated rings. The van der Waals surface area contributed by atoms with Gasteiger partial charge in [-0.25, -0.2) is 9.97 Å². The number of nitrogens with one attached hydrogen (secondary N) is 1. The Kier molecular flexibility index (Phi) is 3.06. The second-order valence-electron chi connectivity index (χ2n) is 6.55. The van der Waals surface area contributed by atoms with Crippen molar-refractivity contribution in [1.29, 1.82) is 0 Å². The normalized spacial score (nSPS) is 14.4. The van der Waals surface area contributed by atoms with Crippen molar-refractivity contribution in [3.63, 3.8) is 0 Å². The van der Waals surface area contributed by atoms with E-state index in [-0.39, 0.29) is 0 Å². The van der Waals surface area contributed by atoms with Gasteiger partial charge in [0.2, 0.25) is 0 Å². The maximum atomic E-state index is 6.21. The van der Waals surface area contributed by atoms with Gasteiger partial charge in [0.25, 0.3) is 0 Å². The third kappa shape index (κ3) is 2.14. The number of fused-ring (bicyclic) bond motifs is 4. The summed E-state index contributed by atoms with van der Waals surface area (Å²) in [5, 5.41) is 7.50. The van der Waals surface area contributed by atoms with Gasteiger partial charge < -0.3 is 9.88 Å². The van der Waals surface area contributed by atoms with Crippen molar-refractivity contribution in [3.8, 4) is 0 Å². The van der Waals surface area contributed by atoms with Crippen molar-refractivity contribution < 1.29 is 0 Å². The second kappa shape index (κ2) is 5.20. The molecule has 0 amide bonds. The first-order valence-electron chi connectivity index (χ1n) is 8.30. The predicted octanol–water partition coefficient (Wildman–Crippen LogP) is 3.37. The summed E-state index contributed by atoms with van der Waals surface area (Å²) in [5.41, 5.74) is 5.57. The van der Waals surface area contributed by atoms with E-state index < -0.39 is 0 Å². The highest BCUT2D eigenvalue weighted by atomic mass is 35.5. The molecule has 1 aromatic carbocycles. The molecule has 5 rings (SSSR count). The predicted molar refractivity (Wildman–Crippen MR) is 99.1 cm³/mol. The molecule has 0 spiro atoms. The summed E-state index contributed by atoms with van der Waals surface area (Å²) in [6.45, 7) is 3.72. The summed E-state index contributed by atoms with van der Waals surface area (Å²) in [7, 11) is 1.92. The van der Waals surface area contributed by atoms with E-state index in [9.17, 15) is 0 Å². The lowest BCUT2D eigenvalue weighted by Gasteiger charge is -2.28. The summed E-state index contributed by atoms with van der Waals surface area (Å²) >= 11 is 6.21. The van der Waals surface area contributed by atoms with Gasteiger partial charge in [0.15, 0.2) is 5.65 Å². The zero-order chi connectivity index (χ0) is 17.1. The molecule has 0 aliphatic carbocycles. The highest BCUT2D eigenvalue weighted by molar-refractivity contribution is 6.31. The fourth-order valence-electron chi connectivity index (χ4n) is 3.87. The molecule has 0 saturated carbocycles. The third-order valence-electron chi connectivity index (χ3n) is 5.01. The standard InChI is InChI=1S/C18H17ClN6/c1-10-16-17(24(2)23-10)20-9-21-18(16)25-6-5-15-13(8-25)12-7-11(19)3-4-14(12)22-15/h3-4,7,9,22H,5-6,8H2,1-2H3. The Labute approximate surface area is 149 Å². The van der Waals surface area contributed by atoms with Crippen LogP contribution in [0.4, 0.5) is 5.82 Å². The number of aromatic amines is 1. The first kappa shape index (κ1) is 14.7. The molecule has 6 nitrogen and oxygen atoms in total.